The SMILES string of the molecule is COc1c(O)c(C)c(-c2cccc3cc4cc5cc6ccc7cc8cc9cc%10cc%11ccccc%11cc%10cc9cc8cc7c6cc5cc4cc23)c(OC)c1OC. The molecule has 11 aromatic rings. The second-order valence-corrected chi connectivity index (χ2v) is 15.0. The molecule has 11 rings (SSSR count). The topological polar surface area (TPSA) is 47.9 Å². The smallest absolute Gasteiger partial charge is 0.207 e. The third-order valence-electron chi connectivity index (χ3n) is 11.9. The second-order valence-electron chi connectivity index (χ2n) is 15.0. The number of ether oxygens (including phenoxy) is 3. The van der Waals surface area contributed by atoms with Gasteiger partial charge in [0.15, 0.2) is 11.5 Å². The van der Waals surface area contributed by atoms with E-state index in [0.29, 0.717) is 17.1 Å². The third-order valence-corrected chi connectivity index (χ3v) is 11.9. The molecule has 0 unspecified atom stereocenters. The molecule has 0 saturated carbocycles. The van der Waals surface area contributed by atoms with Crippen LogP contribution in [0.1, 0.15) is 5.56 Å². The summed E-state index contributed by atoms with van der Waals surface area (Å²) in [6.07, 6.45) is 0. The van der Waals surface area contributed by atoms with Crippen molar-refractivity contribution >= 4 is 97.0 Å². The van der Waals surface area contributed by atoms with E-state index in [1.165, 1.54) is 87.9 Å². The average molecular weight is 725 g/mol. The Labute approximate surface area is 322 Å². The Hall–Kier alpha value is -7.04. The van der Waals surface area contributed by atoms with Gasteiger partial charge in [-0.2, -0.15) is 0 Å². The molecule has 0 amide bonds. The largest absolute Gasteiger partial charge is 0.504 e. The predicted octanol–water partition coefficient (Wildman–Crippen LogP) is 13.8. The van der Waals surface area contributed by atoms with Crippen LogP contribution in [0.2, 0.25) is 0 Å². The summed E-state index contributed by atoms with van der Waals surface area (Å²) in [6, 6.07) is 51.8. The summed E-state index contributed by atoms with van der Waals surface area (Å²) in [5, 5.41) is 33.0. The van der Waals surface area contributed by atoms with Gasteiger partial charge in [0.25, 0.3) is 0 Å². The molecule has 0 spiro atoms. The van der Waals surface area contributed by atoms with Gasteiger partial charge in [0.1, 0.15) is 0 Å². The zero-order valence-electron chi connectivity index (χ0n) is 31.5. The van der Waals surface area contributed by atoms with E-state index in [1.54, 1.807) is 14.2 Å². The predicted molar refractivity (Wildman–Crippen MR) is 235 cm³/mol. The number of fused-ring (bicyclic) bond motifs is 10. The van der Waals surface area contributed by atoms with Gasteiger partial charge < -0.3 is 19.3 Å². The molecule has 268 valence electrons. The molecular weight excluding hydrogens is 689 g/mol. The second kappa shape index (κ2) is 12.0. The zero-order valence-corrected chi connectivity index (χ0v) is 31.5. The van der Waals surface area contributed by atoms with Gasteiger partial charge in [0.2, 0.25) is 11.5 Å². The van der Waals surface area contributed by atoms with Gasteiger partial charge in [0.05, 0.1) is 21.3 Å². The maximum atomic E-state index is 11.2. The van der Waals surface area contributed by atoms with Crippen LogP contribution in [0.15, 0.2) is 140 Å². The molecule has 0 fully saturated rings. The minimum absolute atomic E-state index is 0.0335. The number of hydrogen-bond donors (Lipinski definition) is 1. The Morgan fingerprint density at radius 3 is 1.14 bits per heavy atom. The standard InChI is InChI=1S/C52H36O4/c1-28-48(50(54-2)52(56-4)51(55-3)49(28)53)44-11-7-10-31-16-36-21-37-17-32-12-13-33-18-38-22-39-19-34-14-29-8-5-6-9-30(29)15-35(34)20-40(39)23-41(38)26-46(33)47(32)27-43(37)24-42(36)25-45(31)44/h5-27,53H,1-4H3. The van der Waals surface area contributed by atoms with E-state index in [-0.39, 0.29) is 11.5 Å². The van der Waals surface area contributed by atoms with Crippen LogP contribution in [-0.2, 0) is 0 Å². The highest BCUT2D eigenvalue weighted by atomic mass is 16.5. The molecule has 0 aromatic heterocycles. The molecule has 0 aliphatic rings. The van der Waals surface area contributed by atoms with Crippen molar-refractivity contribution in [1.29, 1.82) is 0 Å². The molecule has 0 bridgehead atoms. The van der Waals surface area contributed by atoms with Gasteiger partial charge in [-0.25, -0.2) is 0 Å². The van der Waals surface area contributed by atoms with E-state index < -0.39 is 0 Å². The van der Waals surface area contributed by atoms with Crippen molar-refractivity contribution in [2.45, 2.75) is 6.92 Å². The summed E-state index contributed by atoms with van der Waals surface area (Å²) in [6.45, 7) is 1.88. The zero-order chi connectivity index (χ0) is 37.8. The molecule has 56 heavy (non-hydrogen) atoms. The summed E-state index contributed by atoms with van der Waals surface area (Å²) in [5.41, 5.74) is 2.37. The number of aromatic hydroxyl groups is 1. The Bertz CT molecular complexity index is 3510. The molecule has 0 heterocycles. The van der Waals surface area contributed by atoms with Crippen LogP contribution in [0.25, 0.3) is 108 Å². The van der Waals surface area contributed by atoms with Gasteiger partial charge in [-0.15, -0.1) is 0 Å². The Morgan fingerprint density at radius 2 is 0.696 bits per heavy atom. The van der Waals surface area contributed by atoms with Crippen molar-refractivity contribution < 1.29 is 19.3 Å². The normalized spacial score (nSPS) is 12.0. The fourth-order valence-electron chi connectivity index (χ4n) is 9.18. The van der Waals surface area contributed by atoms with Crippen molar-refractivity contribution in [3.63, 3.8) is 0 Å². The van der Waals surface area contributed by atoms with Crippen molar-refractivity contribution in [2.24, 2.45) is 0 Å². The first-order valence-electron chi connectivity index (χ1n) is 18.9. The quantitative estimate of drug-likeness (QED) is 0.145. The first-order chi connectivity index (χ1) is 27.4. The highest BCUT2D eigenvalue weighted by Gasteiger charge is 2.26. The molecule has 0 saturated heterocycles. The van der Waals surface area contributed by atoms with Crippen LogP contribution in [0, 0.1) is 6.92 Å². The van der Waals surface area contributed by atoms with Crippen LogP contribution < -0.4 is 14.2 Å². The molecule has 1 N–H and O–H groups in total. The lowest BCUT2D eigenvalue weighted by Gasteiger charge is -2.21. The summed E-state index contributed by atoms with van der Waals surface area (Å²) < 4.78 is 17.2. The fraction of sp³-hybridized carbons (Fsp3) is 0.0769. The lowest BCUT2D eigenvalue weighted by Crippen LogP contribution is -2.00. The molecule has 0 aliphatic carbocycles. The minimum Gasteiger partial charge on any atom is -0.504 e. The Balaban J connectivity index is 1.10. The molecule has 4 heteroatoms. The monoisotopic (exact) mass is 724 g/mol. The van der Waals surface area contributed by atoms with Crippen molar-refractivity contribution in [3.8, 4) is 34.1 Å². The highest BCUT2D eigenvalue weighted by Crippen LogP contribution is 2.53. The minimum atomic E-state index is 0.0335. The number of benzene rings is 11. The lowest BCUT2D eigenvalue weighted by atomic mass is 9.90. The number of phenols is 1. The van der Waals surface area contributed by atoms with E-state index in [4.69, 9.17) is 14.2 Å². The van der Waals surface area contributed by atoms with Gasteiger partial charge in [-0.05, 0) is 194 Å². The van der Waals surface area contributed by atoms with E-state index >= 15 is 0 Å². The Kier molecular flexibility index (Phi) is 6.93. The van der Waals surface area contributed by atoms with Crippen molar-refractivity contribution in [2.75, 3.05) is 21.3 Å². The number of rotatable bonds is 4. The van der Waals surface area contributed by atoms with Crippen molar-refractivity contribution in [3.05, 3.63) is 145 Å². The first kappa shape index (κ1) is 32.4. The van der Waals surface area contributed by atoms with Gasteiger partial charge >= 0.3 is 0 Å². The lowest BCUT2D eigenvalue weighted by molar-refractivity contribution is 0.310. The first-order valence-corrected chi connectivity index (χ1v) is 18.9. The molecule has 0 atom stereocenters. The van der Waals surface area contributed by atoms with E-state index in [9.17, 15) is 5.11 Å². The van der Waals surface area contributed by atoms with Crippen LogP contribution in [0.5, 0.6) is 23.0 Å². The third kappa shape index (κ3) is 4.72. The maximum absolute atomic E-state index is 11.2. The van der Waals surface area contributed by atoms with E-state index in [2.05, 4.69) is 133 Å². The molecule has 0 radical (unpaired) electrons. The summed E-state index contributed by atoms with van der Waals surface area (Å²) in [7, 11) is 4.69. The maximum Gasteiger partial charge on any atom is 0.207 e. The number of hydrogen-bond acceptors (Lipinski definition) is 4. The average Bonchev–Trinajstić information content (AvgIpc) is 3.21. The van der Waals surface area contributed by atoms with Crippen molar-refractivity contribution in [1.82, 2.24) is 0 Å². The van der Waals surface area contributed by atoms with Crippen LogP contribution >= 0.6 is 0 Å². The molecule has 0 aliphatic heterocycles. The molecule has 4 nitrogen and oxygen atoms in total. The van der Waals surface area contributed by atoms with Gasteiger partial charge in [-0.1, -0.05) is 54.6 Å². The number of phenolic OH excluding ortho intramolecular Hbond substituents is 1. The van der Waals surface area contributed by atoms with E-state index in [1.807, 2.05) is 13.0 Å². The molecule has 11 aromatic carbocycles. The summed E-state index contributed by atoms with van der Waals surface area (Å²) >= 11 is 0. The van der Waals surface area contributed by atoms with Crippen LogP contribution in [0.3, 0.4) is 0 Å². The van der Waals surface area contributed by atoms with Gasteiger partial charge in [0, 0.05) is 11.1 Å². The van der Waals surface area contributed by atoms with E-state index in [0.717, 1.165) is 27.3 Å². The number of methoxy groups -OCH3 is 3. The summed E-state index contributed by atoms with van der Waals surface area (Å²) in [4.78, 5) is 0. The highest BCUT2D eigenvalue weighted by molar-refractivity contribution is 6.19. The van der Waals surface area contributed by atoms with Gasteiger partial charge in [-0.3, -0.25) is 0 Å². The Morgan fingerprint density at radius 1 is 0.339 bits per heavy atom. The summed E-state index contributed by atoms with van der Waals surface area (Å²) in [5.74, 6) is 1.17. The van der Waals surface area contributed by atoms with Crippen LogP contribution in [-0.4, -0.2) is 26.4 Å². The fourth-order valence-corrected chi connectivity index (χ4v) is 9.18. The van der Waals surface area contributed by atoms with Crippen LogP contribution in [0.4, 0.5) is 0 Å². The molecular formula is C52H36O4.